The van der Waals surface area contributed by atoms with Crippen molar-refractivity contribution < 1.29 is 0 Å². The molecule has 1 unspecified atom stereocenters. The smallest absolute Gasteiger partial charge is 0.0223 e. The third-order valence-electron chi connectivity index (χ3n) is 3.89. The second-order valence-corrected chi connectivity index (χ2v) is 6.21. The van der Waals surface area contributed by atoms with E-state index < -0.39 is 0 Å². The largest absolute Gasteiger partial charge is 0.315 e. The van der Waals surface area contributed by atoms with Crippen LogP contribution in [0.25, 0.3) is 0 Å². The van der Waals surface area contributed by atoms with Crippen LogP contribution in [0.3, 0.4) is 0 Å². The zero-order chi connectivity index (χ0) is 14.7. The molecule has 0 aliphatic heterocycles. The van der Waals surface area contributed by atoms with Crippen molar-refractivity contribution in [3.05, 3.63) is 0 Å². The molecular formula is C17H38N2. The molecule has 0 bridgehead atoms. The van der Waals surface area contributed by atoms with Crippen molar-refractivity contribution in [2.45, 2.75) is 85.7 Å². The molecule has 0 saturated heterocycles. The molecule has 0 rings (SSSR count). The Morgan fingerprint density at radius 3 is 1.95 bits per heavy atom. The maximum atomic E-state index is 3.64. The molecule has 19 heavy (non-hydrogen) atoms. The van der Waals surface area contributed by atoms with Gasteiger partial charge in [-0.25, -0.2) is 0 Å². The summed E-state index contributed by atoms with van der Waals surface area (Å²) in [4.78, 5) is 2.79. The lowest BCUT2D eigenvalue weighted by atomic mass is 10.0. The van der Waals surface area contributed by atoms with E-state index in [2.05, 4.69) is 51.8 Å². The molecule has 0 radical (unpaired) electrons. The number of hydrogen-bond donors (Lipinski definition) is 1. The monoisotopic (exact) mass is 270 g/mol. The van der Waals surface area contributed by atoms with Crippen molar-refractivity contribution in [2.75, 3.05) is 19.6 Å². The fourth-order valence-corrected chi connectivity index (χ4v) is 2.94. The van der Waals surface area contributed by atoms with E-state index in [0.29, 0.717) is 6.04 Å². The van der Waals surface area contributed by atoms with Crippen LogP contribution < -0.4 is 5.32 Å². The molecule has 0 aromatic rings. The molecule has 0 heterocycles. The Kier molecular flexibility index (Phi) is 11.7. The molecule has 1 N–H and O–H groups in total. The van der Waals surface area contributed by atoms with Gasteiger partial charge in [0.1, 0.15) is 0 Å². The SMILES string of the molecule is CCCNCC(CCC)N(CC(C)C)C(CC)CC. The Labute approximate surface area is 122 Å². The summed E-state index contributed by atoms with van der Waals surface area (Å²) in [7, 11) is 0. The topological polar surface area (TPSA) is 15.3 Å². The van der Waals surface area contributed by atoms with Crippen LogP contribution in [-0.2, 0) is 0 Å². The first-order valence-electron chi connectivity index (χ1n) is 8.56. The summed E-state index contributed by atoms with van der Waals surface area (Å²) in [6, 6.07) is 1.46. The highest BCUT2D eigenvalue weighted by molar-refractivity contribution is 4.80. The van der Waals surface area contributed by atoms with Crippen LogP contribution in [0.5, 0.6) is 0 Å². The lowest BCUT2D eigenvalue weighted by molar-refractivity contribution is 0.101. The molecule has 2 heteroatoms. The summed E-state index contributed by atoms with van der Waals surface area (Å²) >= 11 is 0. The minimum atomic E-state index is 0.712. The highest BCUT2D eigenvalue weighted by atomic mass is 15.2. The van der Waals surface area contributed by atoms with Crippen LogP contribution >= 0.6 is 0 Å². The molecule has 0 aromatic carbocycles. The lowest BCUT2D eigenvalue weighted by Crippen LogP contribution is -2.49. The predicted molar refractivity (Wildman–Crippen MR) is 87.8 cm³/mol. The van der Waals surface area contributed by atoms with E-state index in [1.807, 2.05) is 0 Å². The minimum Gasteiger partial charge on any atom is -0.315 e. The Morgan fingerprint density at radius 2 is 1.53 bits per heavy atom. The summed E-state index contributed by atoms with van der Waals surface area (Å²) in [6.07, 6.45) is 6.38. The summed E-state index contributed by atoms with van der Waals surface area (Å²) in [6.45, 7) is 17.5. The first-order chi connectivity index (χ1) is 9.10. The number of nitrogens with one attached hydrogen (secondary N) is 1. The van der Waals surface area contributed by atoms with Crippen LogP contribution in [0.4, 0.5) is 0 Å². The predicted octanol–water partition coefficient (Wildman–Crippen LogP) is 4.30. The molecule has 2 nitrogen and oxygen atoms in total. The van der Waals surface area contributed by atoms with Crippen LogP contribution in [0, 0.1) is 5.92 Å². The van der Waals surface area contributed by atoms with Gasteiger partial charge in [0.2, 0.25) is 0 Å². The molecule has 0 aromatic heterocycles. The highest BCUT2D eigenvalue weighted by Gasteiger charge is 2.24. The maximum Gasteiger partial charge on any atom is 0.0223 e. The summed E-state index contributed by atoms with van der Waals surface area (Å²) < 4.78 is 0. The Morgan fingerprint density at radius 1 is 0.895 bits per heavy atom. The highest BCUT2D eigenvalue weighted by Crippen LogP contribution is 2.18. The van der Waals surface area contributed by atoms with E-state index in [9.17, 15) is 0 Å². The normalized spacial score (nSPS) is 13.7. The van der Waals surface area contributed by atoms with Gasteiger partial charge < -0.3 is 5.32 Å². The fourth-order valence-electron chi connectivity index (χ4n) is 2.94. The van der Waals surface area contributed by atoms with Gasteiger partial charge in [0, 0.05) is 25.2 Å². The van der Waals surface area contributed by atoms with Gasteiger partial charge in [-0.15, -0.1) is 0 Å². The Bertz CT molecular complexity index is 188. The van der Waals surface area contributed by atoms with E-state index in [4.69, 9.17) is 0 Å². The average Bonchev–Trinajstić information content (AvgIpc) is 2.38. The van der Waals surface area contributed by atoms with E-state index in [1.54, 1.807) is 0 Å². The van der Waals surface area contributed by atoms with Crippen molar-refractivity contribution in [3.8, 4) is 0 Å². The number of nitrogens with zero attached hydrogens (tertiary/aromatic N) is 1. The molecule has 1 atom stereocenters. The summed E-state index contributed by atoms with van der Waals surface area (Å²) in [5.41, 5.74) is 0. The zero-order valence-corrected chi connectivity index (χ0v) is 14.3. The second kappa shape index (κ2) is 11.7. The molecule has 0 aliphatic rings. The van der Waals surface area contributed by atoms with Gasteiger partial charge >= 0.3 is 0 Å². The standard InChI is InChI=1S/C17H38N2/c1-7-11-17(13-18-12-8-2)19(14-15(5)6)16(9-3)10-4/h15-18H,7-14H2,1-6H3. The van der Waals surface area contributed by atoms with Gasteiger partial charge in [-0.2, -0.15) is 0 Å². The third-order valence-corrected chi connectivity index (χ3v) is 3.89. The number of rotatable bonds is 12. The quantitative estimate of drug-likeness (QED) is 0.532. The van der Waals surface area contributed by atoms with Gasteiger partial charge in [-0.3, -0.25) is 4.90 Å². The van der Waals surface area contributed by atoms with Crippen molar-refractivity contribution in [1.82, 2.24) is 10.2 Å². The zero-order valence-electron chi connectivity index (χ0n) is 14.3. The van der Waals surface area contributed by atoms with Gasteiger partial charge in [0.15, 0.2) is 0 Å². The third kappa shape index (κ3) is 7.94. The van der Waals surface area contributed by atoms with Gasteiger partial charge in [-0.05, 0) is 38.1 Å². The van der Waals surface area contributed by atoms with Crippen LogP contribution in [0.2, 0.25) is 0 Å². The van der Waals surface area contributed by atoms with Gasteiger partial charge in [-0.1, -0.05) is 48.0 Å². The maximum absolute atomic E-state index is 3.64. The van der Waals surface area contributed by atoms with Crippen molar-refractivity contribution in [2.24, 2.45) is 5.92 Å². The van der Waals surface area contributed by atoms with Gasteiger partial charge in [0.25, 0.3) is 0 Å². The second-order valence-electron chi connectivity index (χ2n) is 6.21. The lowest BCUT2D eigenvalue weighted by Gasteiger charge is -2.39. The van der Waals surface area contributed by atoms with Crippen molar-refractivity contribution in [3.63, 3.8) is 0 Å². The Balaban J connectivity index is 4.68. The molecule has 116 valence electrons. The first-order valence-corrected chi connectivity index (χ1v) is 8.56. The minimum absolute atomic E-state index is 0.712. The van der Waals surface area contributed by atoms with Crippen LogP contribution in [0.15, 0.2) is 0 Å². The number of hydrogen-bond acceptors (Lipinski definition) is 2. The molecule has 0 fully saturated rings. The summed E-state index contributed by atoms with van der Waals surface area (Å²) in [5, 5.41) is 3.64. The molecule has 0 amide bonds. The molecule has 0 aliphatic carbocycles. The average molecular weight is 271 g/mol. The van der Waals surface area contributed by atoms with E-state index in [0.717, 1.165) is 25.0 Å². The van der Waals surface area contributed by atoms with E-state index in [-0.39, 0.29) is 0 Å². The van der Waals surface area contributed by atoms with Gasteiger partial charge in [0.05, 0.1) is 0 Å². The van der Waals surface area contributed by atoms with Crippen LogP contribution in [-0.4, -0.2) is 36.6 Å². The van der Waals surface area contributed by atoms with Crippen LogP contribution in [0.1, 0.15) is 73.6 Å². The summed E-state index contributed by atoms with van der Waals surface area (Å²) in [5.74, 6) is 0.756. The fraction of sp³-hybridized carbons (Fsp3) is 1.00. The van der Waals surface area contributed by atoms with E-state index in [1.165, 1.54) is 38.6 Å². The molecular weight excluding hydrogens is 232 g/mol. The molecule has 0 saturated carbocycles. The Hall–Kier alpha value is -0.0800. The van der Waals surface area contributed by atoms with Crippen molar-refractivity contribution in [1.29, 1.82) is 0 Å². The first kappa shape index (κ1) is 18.9. The van der Waals surface area contributed by atoms with Crippen molar-refractivity contribution >= 4 is 0 Å². The molecule has 0 spiro atoms. The van der Waals surface area contributed by atoms with E-state index >= 15 is 0 Å².